The van der Waals surface area contributed by atoms with Crippen molar-refractivity contribution in [1.29, 1.82) is 0 Å². The lowest BCUT2D eigenvalue weighted by Gasteiger charge is -2.24. The second-order valence-corrected chi connectivity index (χ2v) is 6.65. The number of carbonyl (C=O) groups excluding carboxylic acids is 1. The van der Waals surface area contributed by atoms with Gasteiger partial charge in [0.25, 0.3) is 0 Å². The summed E-state index contributed by atoms with van der Waals surface area (Å²) >= 11 is 2.28. The van der Waals surface area contributed by atoms with E-state index in [1.54, 1.807) is 0 Å². The van der Waals surface area contributed by atoms with E-state index in [1.807, 2.05) is 36.5 Å². The smallest absolute Gasteiger partial charge is 0.407 e. The second kappa shape index (κ2) is 7.09. The van der Waals surface area contributed by atoms with Crippen LogP contribution in [0.1, 0.15) is 23.2 Å². The van der Waals surface area contributed by atoms with Gasteiger partial charge in [-0.15, -0.1) is 0 Å². The van der Waals surface area contributed by atoms with Crippen LogP contribution in [0.4, 0.5) is 4.79 Å². The van der Waals surface area contributed by atoms with E-state index in [0.29, 0.717) is 6.61 Å². The van der Waals surface area contributed by atoms with Gasteiger partial charge in [-0.3, -0.25) is 4.98 Å². The predicted octanol–water partition coefficient (Wildman–Crippen LogP) is 3.47. The summed E-state index contributed by atoms with van der Waals surface area (Å²) in [7, 11) is 0. The number of carbonyl (C=O) groups is 1. The largest absolute Gasteiger partial charge is 0.445 e. The Morgan fingerprint density at radius 1 is 1.36 bits per heavy atom. The van der Waals surface area contributed by atoms with Crippen molar-refractivity contribution in [3.8, 4) is 0 Å². The summed E-state index contributed by atoms with van der Waals surface area (Å²) in [6.07, 6.45) is 4.16. The first-order chi connectivity index (χ1) is 10.7. The summed E-state index contributed by atoms with van der Waals surface area (Å²) in [6.45, 7) is 0.298. The van der Waals surface area contributed by atoms with E-state index < -0.39 is 0 Å². The van der Waals surface area contributed by atoms with Crippen molar-refractivity contribution in [2.75, 3.05) is 0 Å². The van der Waals surface area contributed by atoms with Crippen LogP contribution < -0.4 is 5.32 Å². The number of rotatable bonds is 3. The Morgan fingerprint density at radius 3 is 3.00 bits per heavy atom. The van der Waals surface area contributed by atoms with Gasteiger partial charge in [-0.1, -0.05) is 30.3 Å². The quantitative estimate of drug-likeness (QED) is 0.792. The fourth-order valence-electron chi connectivity index (χ4n) is 2.63. The van der Waals surface area contributed by atoms with Crippen molar-refractivity contribution in [2.45, 2.75) is 31.9 Å². The maximum Gasteiger partial charge on any atom is 0.407 e. The summed E-state index contributed by atoms with van der Waals surface area (Å²) in [4.78, 5) is 16.4. The van der Waals surface area contributed by atoms with Crippen molar-refractivity contribution in [2.24, 2.45) is 0 Å². The molecule has 1 heterocycles. The highest BCUT2D eigenvalue weighted by Crippen LogP contribution is 2.21. The van der Waals surface area contributed by atoms with Crippen LogP contribution in [0, 0.1) is 3.57 Å². The molecule has 0 bridgehead atoms. The second-order valence-electron chi connectivity index (χ2n) is 5.41. The summed E-state index contributed by atoms with van der Waals surface area (Å²) in [5.41, 5.74) is 3.37. The molecule has 1 aromatic heterocycles. The van der Waals surface area contributed by atoms with Gasteiger partial charge in [0.15, 0.2) is 0 Å². The molecule has 1 atom stereocenters. The summed E-state index contributed by atoms with van der Waals surface area (Å²) in [6, 6.07) is 12.0. The third-order valence-electron chi connectivity index (χ3n) is 3.76. The highest BCUT2D eigenvalue weighted by molar-refractivity contribution is 14.1. The third kappa shape index (κ3) is 3.97. The lowest BCUT2D eigenvalue weighted by Crippen LogP contribution is -2.39. The van der Waals surface area contributed by atoms with Gasteiger partial charge in [0.1, 0.15) is 6.61 Å². The molecule has 0 fully saturated rings. The van der Waals surface area contributed by atoms with Crippen LogP contribution in [0.2, 0.25) is 0 Å². The van der Waals surface area contributed by atoms with Crippen LogP contribution in [0.5, 0.6) is 0 Å². The summed E-state index contributed by atoms with van der Waals surface area (Å²) in [5.74, 6) is 0. The number of fused-ring (bicyclic) bond motifs is 1. The molecule has 1 N–H and O–H groups in total. The van der Waals surface area contributed by atoms with Gasteiger partial charge in [0.2, 0.25) is 0 Å². The van der Waals surface area contributed by atoms with Gasteiger partial charge in [0, 0.05) is 27.9 Å². The lowest BCUT2D eigenvalue weighted by molar-refractivity contribution is 0.134. The lowest BCUT2D eigenvalue weighted by atomic mass is 9.92. The average Bonchev–Trinajstić information content (AvgIpc) is 2.54. The first-order valence-corrected chi connectivity index (χ1v) is 8.39. The van der Waals surface area contributed by atoms with Crippen LogP contribution in [0.3, 0.4) is 0 Å². The average molecular weight is 408 g/mol. The minimum absolute atomic E-state index is 0.100. The minimum Gasteiger partial charge on any atom is -0.445 e. The van der Waals surface area contributed by atoms with Gasteiger partial charge < -0.3 is 10.1 Å². The normalized spacial score (nSPS) is 16.7. The first-order valence-electron chi connectivity index (χ1n) is 7.31. The Bertz CT molecular complexity index is 661. The standard InChI is InChI=1S/C17H17IN2O2/c18-14-8-13-6-7-15(9-16(13)19-10-14)20-17(21)22-11-12-4-2-1-3-5-12/h1-5,8,10,15H,6-7,9,11H2,(H,20,21). The number of amides is 1. The van der Waals surface area contributed by atoms with Crippen molar-refractivity contribution < 1.29 is 9.53 Å². The zero-order valence-electron chi connectivity index (χ0n) is 12.1. The van der Waals surface area contributed by atoms with Crippen LogP contribution >= 0.6 is 22.6 Å². The van der Waals surface area contributed by atoms with E-state index in [0.717, 1.165) is 34.1 Å². The number of halogens is 1. The summed E-state index contributed by atoms with van der Waals surface area (Å²) in [5, 5.41) is 2.94. The maximum atomic E-state index is 11.9. The molecule has 1 aliphatic rings. The molecule has 1 amide bonds. The molecule has 0 radical (unpaired) electrons. The van der Waals surface area contributed by atoms with Gasteiger partial charge in [0.05, 0.1) is 0 Å². The number of nitrogens with one attached hydrogen (secondary N) is 1. The number of hydrogen-bond acceptors (Lipinski definition) is 3. The van der Waals surface area contributed by atoms with Crippen LogP contribution in [-0.2, 0) is 24.2 Å². The van der Waals surface area contributed by atoms with Crippen molar-refractivity contribution >= 4 is 28.7 Å². The Labute approximate surface area is 143 Å². The number of nitrogens with zero attached hydrogens (tertiary/aromatic N) is 1. The van der Waals surface area contributed by atoms with E-state index in [1.165, 1.54) is 5.56 Å². The van der Waals surface area contributed by atoms with Crippen LogP contribution in [0.25, 0.3) is 0 Å². The molecule has 114 valence electrons. The molecule has 5 heteroatoms. The Kier molecular flexibility index (Phi) is 4.92. The molecule has 1 aromatic carbocycles. The monoisotopic (exact) mass is 408 g/mol. The minimum atomic E-state index is -0.359. The van der Waals surface area contributed by atoms with E-state index in [2.05, 4.69) is 39.0 Å². The maximum absolute atomic E-state index is 11.9. The number of benzene rings is 1. The van der Waals surface area contributed by atoms with Gasteiger partial charge in [-0.25, -0.2) is 4.79 Å². The number of ether oxygens (including phenoxy) is 1. The van der Waals surface area contributed by atoms with Crippen molar-refractivity contribution in [1.82, 2.24) is 10.3 Å². The Hall–Kier alpha value is -1.63. The third-order valence-corrected chi connectivity index (χ3v) is 4.35. The highest BCUT2D eigenvalue weighted by Gasteiger charge is 2.21. The number of hydrogen-bond donors (Lipinski definition) is 1. The molecule has 22 heavy (non-hydrogen) atoms. The number of pyridine rings is 1. The summed E-state index contributed by atoms with van der Waals surface area (Å²) < 4.78 is 6.42. The molecule has 0 aliphatic heterocycles. The molecule has 1 aliphatic carbocycles. The molecule has 0 spiro atoms. The highest BCUT2D eigenvalue weighted by atomic mass is 127. The van der Waals surface area contributed by atoms with Gasteiger partial charge >= 0.3 is 6.09 Å². The molecule has 0 saturated carbocycles. The van der Waals surface area contributed by atoms with Crippen molar-refractivity contribution in [3.63, 3.8) is 0 Å². The predicted molar refractivity (Wildman–Crippen MR) is 92.5 cm³/mol. The van der Waals surface area contributed by atoms with Crippen molar-refractivity contribution in [3.05, 3.63) is 63.0 Å². The first kappa shape index (κ1) is 15.3. The molecule has 2 aromatic rings. The fourth-order valence-corrected chi connectivity index (χ4v) is 3.14. The molecule has 4 nitrogen and oxygen atoms in total. The topological polar surface area (TPSA) is 51.2 Å². The van der Waals surface area contributed by atoms with Gasteiger partial charge in [-0.05, 0) is 52.6 Å². The van der Waals surface area contributed by atoms with Crippen LogP contribution in [-0.4, -0.2) is 17.1 Å². The van der Waals surface area contributed by atoms with E-state index >= 15 is 0 Å². The number of aromatic nitrogens is 1. The van der Waals surface area contributed by atoms with Crippen LogP contribution in [0.15, 0.2) is 42.6 Å². The Balaban J connectivity index is 1.51. The SMILES string of the molecule is O=C(NC1CCc2cc(I)cnc2C1)OCc1ccccc1. The van der Waals surface area contributed by atoms with E-state index in [-0.39, 0.29) is 12.1 Å². The molecule has 1 unspecified atom stereocenters. The molecular formula is C17H17IN2O2. The zero-order chi connectivity index (χ0) is 15.4. The van der Waals surface area contributed by atoms with E-state index in [4.69, 9.17) is 4.74 Å². The fraction of sp³-hybridized carbons (Fsp3) is 0.294. The number of aryl methyl sites for hydroxylation is 1. The zero-order valence-corrected chi connectivity index (χ0v) is 14.2. The number of alkyl carbamates (subject to hydrolysis) is 1. The van der Waals surface area contributed by atoms with Gasteiger partial charge in [-0.2, -0.15) is 0 Å². The molecular weight excluding hydrogens is 391 g/mol. The molecule has 3 rings (SSSR count). The molecule has 0 saturated heterocycles. The van der Waals surface area contributed by atoms with E-state index in [9.17, 15) is 4.79 Å². The Morgan fingerprint density at radius 2 is 2.18 bits per heavy atom.